The Kier molecular flexibility index (Phi) is 7.37. The van der Waals surface area contributed by atoms with Gasteiger partial charge in [-0.3, -0.25) is 4.79 Å². The van der Waals surface area contributed by atoms with Gasteiger partial charge < -0.3 is 32.9 Å². The van der Waals surface area contributed by atoms with Crippen LogP contribution in [0.4, 0.5) is 0 Å². The molecule has 0 atom stereocenters. The number of ether oxygens (including phenoxy) is 6. The minimum atomic E-state index is -0.481. The Hall–Kier alpha value is -3.95. The zero-order valence-corrected chi connectivity index (χ0v) is 18.5. The van der Waals surface area contributed by atoms with Crippen LogP contribution in [0.3, 0.4) is 0 Å². The van der Waals surface area contributed by atoms with Crippen LogP contribution in [-0.2, 0) is 22.6 Å². The molecule has 10 nitrogen and oxygen atoms in total. The van der Waals surface area contributed by atoms with E-state index in [0.717, 1.165) is 0 Å². The molecule has 3 aromatic rings. The van der Waals surface area contributed by atoms with Crippen molar-refractivity contribution in [1.29, 1.82) is 0 Å². The van der Waals surface area contributed by atoms with Crippen LogP contribution in [0.25, 0.3) is 11.4 Å². The topological polar surface area (TPSA) is 111 Å². The molecule has 0 aliphatic heterocycles. The number of hydrogen-bond donors (Lipinski definition) is 0. The first kappa shape index (κ1) is 22.7. The summed E-state index contributed by atoms with van der Waals surface area (Å²) >= 11 is 0. The molecule has 0 unspecified atom stereocenters. The number of nitrogens with zero attached hydrogens (tertiary/aromatic N) is 2. The van der Waals surface area contributed by atoms with E-state index in [-0.39, 0.29) is 18.9 Å². The third kappa shape index (κ3) is 5.02. The van der Waals surface area contributed by atoms with E-state index in [1.807, 2.05) is 0 Å². The van der Waals surface area contributed by atoms with Gasteiger partial charge in [-0.05, 0) is 35.9 Å². The highest BCUT2D eigenvalue weighted by atomic mass is 16.6. The normalized spacial score (nSPS) is 10.4. The largest absolute Gasteiger partial charge is 0.493 e. The van der Waals surface area contributed by atoms with E-state index in [2.05, 4.69) is 10.1 Å². The summed E-state index contributed by atoms with van der Waals surface area (Å²) in [6.07, 6.45) is -0.00656. The lowest BCUT2D eigenvalue weighted by molar-refractivity contribution is -0.144. The lowest BCUT2D eigenvalue weighted by atomic mass is 10.1. The van der Waals surface area contributed by atoms with Gasteiger partial charge in [-0.15, -0.1) is 0 Å². The van der Waals surface area contributed by atoms with E-state index in [9.17, 15) is 4.79 Å². The van der Waals surface area contributed by atoms with E-state index >= 15 is 0 Å². The van der Waals surface area contributed by atoms with Gasteiger partial charge >= 0.3 is 5.97 Å². The fourth-order valence-corrected chi connectivity index (χ4v) is 3.00. The van der Waals surface area contributed by atoms with Gasteiger partial charge in [0.15, 0.2) is 29.6 Å². The summed E-state index contributed by atoms with van der Waals surface area (Å²) in [6.45, 7) is -0.163. The van der Waals surface area contributed by atoms with Crippen LogP contribution < -0.4 is 23.7 Å². The Labute approximate surface area is 184 Å². The number of carbonyl (C=O) groups is 1. The average molecular weight is 444 g/mol. The van der Waals surface area contributed by atoms with Crippen LogP contribution in [0, 0.1) is 0 Å². The number of methoxy groups -OCH3 is 5. The molecule has 0 fully saturated rings. The molecule has 0 saturated heterocycles. The number of aromatic nitrogens is 2. The molecule has 10 heteroatoms. The molecule has 1 heterocycles. The van der Waals surface area contributed by atoms with Crippen LogP contribution in [0.15, 0.2) is 34.9 Å². The van der Waals surface area contributed by atoms with Crippen molar-refractivity contribution in [2.45, 2.75) is 13.0 Å². The molecule has 2 aromatic carbocycles. The molecule has 0 N–H and O–H groups in total. The van der Waals surface area contributed by atoms with Crippen molar-refractivity contribution in [3.8, 4) is 40.1 Å². The molecule has 0 aliphatic carbocycles. The van der Waals surface area contributed by atoms with Crippen molar-refractivity contribution >= 4 is 5.97 Å². The molecule has 3 rings (SSSR count). The maximum atomic E-state index is 12.3. The molecule has 32 heavy (non-hydrogen) atoms. The number of rotatable bonds is 10. The summed E-state index contributed by atoms with van der Waals surface area (Å²) in [6, 6.07) is 8.60. The highest BCUT2D eigenvalue weighted by molar-refractivity contribution is 5.73. The molecule has 0 radical (unpaired) electrons. The summed E-state index contributed by atoms with van der Waals surface area (Å²) < 4.78 is 36.8. The van der Waals surface area contributed by atoms with Gasteiger partial charge in [0.1, 0.15) is 0 Å². The number of benzene rings is 2. The van der Waals surface area contributed by atoms with Gasteiger partial charge in [-0.2, -0.15) is 4.98 Å². The second-order valence-electron chi connectivity index (χ2n) is 6.45. The molecule has 0 bridgehead atoms. The van der Waals surface area contributed by atoms with Gasteiger partial charge in [-0.25, -0.2) is 0 Å². The van der Waals surface area contributed by atoms with Gasteiger partial charge in [0.25, 0.3) is 5.89 Å². The van der Waals surface area contributed by atoms with Gasteiger partial charge in [0.2, 0.25) is 11.6 Å². The summed E-state index contributed by atoms with van der Waals surface area (Å²) in [7, 11) is 7.61. The smallest absolute Gasteiger partial charge is 0.310 e. The van der Waals surface area contributed by atoms with Gasteiger partial charge in [0, 0.05) is 5.56 Å². The third-order valence-corrected chi connectivity index (χ3v) is 4.54. The van der Waals surface area contributed by atoms with Crippen LogP contribution >= 0.6 is 0 Å². The van der Waals surface area contributed by atoms with Crippen molar-refractivity contribution in [2.24, 2.45) is 0 Å². The molecular weight excluding hydrogens is 420 g/mol. The Morgan fingerprint density at radius 1 is 0.844 bits per heavy atom. The molecule has 0 saturated carbocycles. The maximum absolute atomic E-state index is 12.3. The Bertz CT molecular complexity index is 1050. The molecular formula is C22H24N2O8. The predicted molar refractivity (Wildman–Crippen MR) is 112 cm³/mol. The third-order valence-electron chi connectivity index (χ3n) is 4.54. The molecule has 170 valence electrons. The van der Waals surface area contributed by atoms with Crippen molar-refractivity contribution < 1.29 is 37.7 Å². The van der Waals surface area contributed by atoms with Crippen LogP contribution in [0.5, 0.6) is 28.7 Å². The Balaban J connectivity index is 1.65. The second-order valence-corrected chi connectivity index (χ2v) is 6.45. The van der Waals surface area contributed by atoms with E-state index in [0.29, 0.717) is 45.7 Å². The standard InChI is InChI=1S/C22H24N2O8/c1-26-15-7-6-14(11-16(15)27-2)22-23-19(32-24-22)12-31-20(25)10-13-8-17(28-3)21(30-5)18(9-13)29-4/h6-9,11H,10,12H2,1-5H3. The first-order chi connectivity index (χ1) is 15.5. The monoisotopic (exact) mass is 444 g/mol. The van der Waals surface area contributed by atoms with Crippen molar-refractivity contribution in [3.05, 3.63) is 41.8 Å². The van der Waals surface area contributed by atoms with Crippen molar-refractivity contribution in [3.63, 3.8) is 0 Å². The molecule has 0 aliphatic rings. The second kappa shape index (κ2) is 10.4. The van der Waals surface area contributed by atoms with Crippen molar-refractivity contribution in [2.75, 3.05) is 35.5 Å². The summed E-state index contributed by atoms with van der Waals surface area (Å²) in [4.78, 5) is 16.6. The zero-order valence-electron chi connectivity index (χ0n) is 18.5. The van der Waals surface area contributed by atoms with E-state index < -0.39 is 5.97 Å². The molecule has 0 amide bonds. The van der Waals surface area contributed by atoms with Gasteiger partial charge in [0.05, 0.1) is 42.0 Å². The van der Waals surface area contributed by atoms with Gasteiger partial charge in [-0.1, -0.05) is 5.16 Å². The zero-order chi connectivity index (χ0) is 23.1. The Morgan fingerprint density at radius 3 is 2.09 bits per heavy atom. The molecule has 1 aromatic heterocycles. The van der Waals surface area contributed by atoms with E-state index in [1.54, 1.807) is 37.4 Å². The first-order valence-corrected chi connectivity index (χ1v) is 9.52. The van der Waals surface area contributed by atoms with Crippen LogP contribution in [0.2, 0.25) is 0 Å². The predicted octanol–water partition coefficient (Wildman–Crippen LogP) is 3.07. The molecule has 0 spiro atoms. The summed E-state index contributed by atoms with van der Waals surface area (Å²) in [5, 5.41) is 3.92. The van der Waals surface area contributed by atoms with Crippen molar-refractivity contribution in [1.82, 2.24) is 10.1 Å². The van der Waals surface area contributed by atoms with E-state index in [4.69, 9.17) is 32.9 Å². The Morgan fingerprint density at radius 2 is 1.50 bits per heavy atom. The SMILES string of the molecule is COc1ccc(-c2noc(COC(=O)Cc3cc(OC)c(OC)c(OC)c3)n2)cc1OC. The van der Waals surface area contributed by atoms with Crippen LogP contribution in [0.1, 0.15) is 11.5 Å². The fourth-order valence-electron chi connectivity index (χ4n) is 3.00. The maximum Gasteiger partial charge on any atom is 0.310 e. The number of hydrogen-bond acceptors (Lipinski definition) is 10. The summed E-state index contributed by atoms with van der Waals surface area (Å²) in [5.74, 6) is 2.48. The minimum Gasteiger partial charge on any atom is -0.493 e. The lowest BCUT2D eigenvalue weighted by Crippen LogP contribution is -2.09. The van der Waals surface area contributed by atoms with Crippen LogP contribution in [-0.4, -0.2) is 51.7 Å². The highest BCUT2D eigenvalue weighted by Gasteiger charge is 2.17. The first-order valence-electron chi connectivity index (χ1n) is 9.52. The fraction of sp³-hybridized carbons (Fsp3) is 0.318. The van der Waals surface area contributed by atoms with E-state index in [1.165, 1.54) is 28.4 Å². The lowest BCUT2D eigenvalue weighted by Gasteiger charge is -2.13. The minimum absolute atomic E-state index is 0.00656. The quantitative estimate of drug-likeness (QED) is 0.433. The highest BCUT2D eigenvalue weighted by Crippen LogP contribution is 2.38. The summed E-state index contributed by atoms with van der Waals surface area (Å²) in [5.41, 5.74) is 1.31. The number of esters is 1. The number of carbonyl (C=O) groups excluding carboxylic acids is 1. The average Bonchev–Trinajstić information content (AvgIpc) is 3.30.